The van der Waals surface area contributed by atoms with Crippen LogP contribution in [0.15, 0.2) is 74.4 Å². The average Bonchev–Trinajstić information content (AvgIpc) is 3.89. The molecule has 6 N–H and O–H groups in total. The fourth-order valence-electron chi connectivity index (χ4n) is 5.51. The Hall–Kier alpha value is -7.71. The second-order valence-corrected chi connectivity index (χ2v) is 11.4. The summed E-state index contributed by atoms with van der Waals surface area (Å²) in [5.74, 6) is -2.34. The molecule has 8 rings (SSSR count). The van der Waals surface area contributed by atoms with Gasteiger partial charge in [0.25, 0.3) is 11.8 Å². The van der Waals surface area contributed by atoms with E-state index in [1.54, 1.807) is 55.1 Å². The van der Waals surface area contributed by atoms with Crippen molar-refractivity contribution in [2.75, 3.05) is 22.1 Å². The fourth-order valence-corrected chi connectivity index (χ4v) is 5.51. The molecule has 19 nitrogen and oxygen atoms in total. The van der Waals surface area contributed by atoms with Crippen molar-refractivity contribution in [2.24, 2.45) is 14.1 Å². The Balaban J connectivity index is 0.000000164. The Morgan fingerprint density at radius 1 is 0.736 bits per heavy atom. The molecular weight excluding hydrogens is 692 g/mol. The minimum Gasteiger partial charge on any atom is -0.381 e. The molecule has 0 fully saturated rings. The van der Waals surface area contributed by atoms with E-state index in [9.17, 15) is 18.4 Å². The van der Waals surface area contributed by atoms with Crippen LogP contribution < -0.4 is 22.1 Å². The van der Waals surface area contributed by atoms with Crippen molar-refractivity contribution in [3.8, 4) is 22.5 Å². The summed E-state index contributed by atoms with van der Waals surface area (Å²) in [6, 6.07) is 1.72. The molecule has 0 unspecified atom stereocenters. The summed E-state index contributed by atoms with van der Waals surface area (Å²) < 4.78 is 32.3. The van der Waals surface area contributed by atoms with E-state index in [1.807, 2.05) is 18.5 Å². The number of hydrogen-bond acceptors (Lipinski definition) is 13. The summed E-state index contributed by atoms with van der Waals surface area (Å²) in [6.45, 7) is 1.89. The summed E-state index contributed by atoms with van der Waals surface area (Å²) in [4.78, 5) is 45.8. The van der Waals surface area contributed by atoms with Gasteiger partial charge in [-0.1, -0.05) is 5.21 Å². The molecule has 0 aliphatic rings. The predicted octanol–water partition coefficient (Wildman–Crippen LogP) is 2.70. The molecule has 0 aliphatic heterocycles. The van der Waals surface area contributed by atoms with Gasteiger partial charge in [0.2, 0.25) is 0 Å². The number of nitrogens with one attached hydrogen (secondary N) is 2. The molecule has 266 valence electrons. The first kappa shape index (κ1) is 33.8. The van der Waals surface area contributed by atoms with Crippen LogP contribution >= 0.6 is 0 Å². The van der Waals surface area contributed by atoms with Gasteiger partial charge >= 0.3 is 0 Å². The Bertz CT molecular complexity index is 2680. The van der Waals surface area contributed by atoms with Crippen molar-refractivity contribution in [1.29, 1.82) is 0 Å². The number of imidazole rings is 1. The fraction of sp³-hybridized carbons (Fsp3) is 0.0938. The van der Waals surface area contributed by atoms with E-state index < -0.39 is 23.4 Å². The molecule has 0 aliphatic carbocycles. The maximum absolute atomic E-state index is 13.3. The number of fused-ring (bicyclic) bond motifs is 2. The summed E-state index contributed by atoms with van der Waals surface area (Å²) in [7, 11) is 3.59. The van der Waals surface area contributed by atoms with Crippen LogP contribution in [0, 0.1) is 18.6 Å². The lowest BCUT2D eigenvalue weighted by atomic mass is 10.1. The highest BCUT2D eigenvalue weighted by Crippen LogP contribution is 2.31. The van der Waals surface area contributed by atoms with Gasteiger partial charge in [-0.25, -0.2) is 37.4 Å². The lowest BCUT2D eigenvalue weighted by Gasteiger charge is -2.13. The highest BCUT2D eigenvalue weighted by molar-refractivity contribution is 6.13. The van der Waals surface area contributed by atoms with Gasteiger partial charge in [0.1, 0.15) is 11.1 Å². The molecule has 0 radical (unpaired) electrons. The number of carbonyl (C=O) groups excluding carboxylic acids is 2. The van der Waals surface area contributed by atoms with Gasteiger partial charge in [0.05, 0.1) is 78.7 Å². The monoisotopic (exact) mass is 719 g/mol. The molecule has 21 heteroatoms. The van der Waals surface area contributed by atoms with Crippen molar-refractivity contribution in [1.82, 2.24) is 63.7 Å². The Kier molecular flexibility index (Phi) is 8.63. The lowest BCUT2D eigenvalue weighted by molar-refractivity contribution is 0.102. The number of aryl methyl sites for hydroxylation is 3. The standard InChI is InChI=1S/C17H15FN8O.C15H12FN9O/c1-9-3-20-5-11(13(9)12-6-21-8-25(12)2)23-17(27)14-15(19)24-26-7-10(18)4-22-16(14)26;1-24-11(6-20-23-24)9-2-3-18-5-10(9)21-15(26)12-13(17)22-25-7-8(16)4-19-14(12)25/h3-8H,1-2H3,(H2,19,24)(H,23,27);2-7H,1H3,(H2,17,22)(H,21,26). The first-order valence-corrected chi connectivity index (χ1v) is 15.4. The van der Waals surface area contributed by atoms with E-state index in [0.29, 0.717) is 22.6 Å². The average molecular weight is 720 g/mol. The third-order valence-corrected chi connectivity index (χ3v) is 7.91. The van der Waals surface area contributed by atoms with Crippen molar-refractivity contribution >= 4 is 46.1 Å². The second-order valence-electron chi connectivity index (χ2n) is 11.4. The van der Waals surface area contributed by atoms with E-state index in [4.69, 9.17) is 11.5 Å². The molecule has 0 spiro atoms. The van der Waals surface area contributed by atoms with Crippen LogP contribution in [0.4, 0.5) is 31.8 Å². The molecule has 8 heterocycles. The minimum atomic E-state index is -0.592. The number of nitrogen functional groups attached to an aromatic ring is 2. The second kappa shape index (κ2) is 13.5. The summed E-state index contributed by atoms with van der Waals surface area (Å²) in [5.41, 5.74) is 16.9. The number of halogens is 2. The molecular formula is C32H27F2N17O2. The molecule has 0 aromatic carbocycles. The minimum absolute atomic E-state index is 0.0444. The number of anilines is 4. The summed E-state index contributed by atoms with van der Waals surface area (Å²) in [6.07, 6.45) is 15.5. The Morgan fingerprint density at radius 3 is 1.91 bits per heavy atom. The number of aromatic nitrogens is 13. The Labute approximate surface area is 296 Å². The maximum Gasteiger partial charge on any atom is 0.263 e. The number of carbonyl (C=O) groups is 2. The summed E-state index contributed by atoms with van der Waals surface area (Å²) >= 11 is 0. The van der Waals surface area contributed by atoms with Crippen LogP contribution in [0.3, 0.4) is 0 Å². The SMILES string of the molecule is Cc1cncc(NC(=O)c2c(N)nn3cc(F)cnc23)c1-c1cncn1C.Cn1nncc1-c1ccncc1NC(=O)c1c(N)nn2cc(F)cnc12. The number of nitrogens with zero attached hydrogens (tertiary/aromatic N) is 13. The molecule has 2 amide bonds. The molecule has 0 bridgehead atoms. The van der Waals surface area contributed by atoms with Crippen molar-refractivity contribution < 1.29 is 18.4 Å². The number of rotatable bonds is 6. The normalized spacial score (nSPS) is 11.0. The van der Waals surface area contributed by atoms with Gasteiger partial charge in [-0.05, 0) is 18.6 Å². The largest absolute Gasteiger partial charge is 0.381 e. The van der Waals surface area contributed by atoms with Gasteiger partial charge in [0, 0.05) is 37.6 Å². The molecule has 8 aromatic heterocycles. The van der Waals surface area contributed by atoms with E-state index in [1.165, 1.54) is 6.20 Å². The maximum atomic E-state index is 13.3. The van der Waals surface area contributed by atoms with Crippen molar-refractivity contribution in [3.63, 3.8) is 0 Å². The molecule has 0 atom stereocenters. The Morgan fingerprint density at radius 2 is 1.34 bits per heavy atom. The first-order chi connectivity index (χ1) is 25.5. The number of nitrogens with two attached hydrogens (primary N) is 2. The zero-order chi connectivity index (χ0) is 37.4. The van der Waals surface area contributed by atoms with Crippen LogP contribution in [0.25, 0.3) is 33.8 Å². The van der Waals surface area contributed by atoms with Crippen LogP contribution in [-0.4, -0.2) is 75.5 Å². The van der Waals surface area contributed by atoms with Gasteiger partial charge in [-0.2, -0.15) is 0 Å². The zero-order valence-corrected chi connectivity index (χ0v) is 28.0. The van der Waals surface area contributed by atoms with Crippen LogP contribution in [0.2, 0.25) is 0 Å². The molecule has 0 saturated heterocycles. The van der Waals surface area contributed by atoms with E-state index in [0.717, 1.165) is 50.6 Å². The quantitative estimate of drug-likeness (QED) is 0.193. The number of amides is 2. The number of pyridine rings is 2. The third-order valence-electron chi connectivity index (χ3n) is 7.91. The van der Waals surface area contributed by atoms with Crippen LogP contribution in [-0.2, 0) is 14.1 Å². The third kappa shape index (κ3) is 6.40. The highest BCUT2D eigenvalue weighted by Gasteiger charge is 2.23. The number of hydrogen-bond donors (Lipinski definition) is 4. The zero-order valence-electron chi connectivity index (χ0n) is 28.0. The van der Waals surface area contributed by atoms with Crippen molar-refractivity contribution in [3.05, 3.63) is 103 Å². The van der Waals surface area contributed by atoms with Crippen molar-refractivity contribution in [2.45, 2.75) is 6.92 Å². The highest BCUT2D eigenvalue weighted by atomic mass is 19.1. The first-order valence-electron chi connectivity index (χ1n) is 15.4. The summed E-state index contributed by atoms with van der Waals surface area (Å²) in [5, 5.41) is 21.1. The topological polar surface area (TPSA) is 245 Å². The van der Waals surface area contributed by atoms with E-state index >= 15 is 0 Å². The van der Waals surface area contributed by atoms with Gasteiger partial charge in [0.15, 0.2) is 34.6 Å². The van der Waals surface area contributed by atoms with Crippen LogP contribution in [0.5, 0.6) is 0 Å². The molecule has 53 heavy (non-hydrogen) atoms. The predicted molar refractivity (Wildman–Crippen MR) is 186 cm³/mol. The van der Waals surface area contributed by atoms with Gasteiger partial charge < -0.3 is 26.7 Å². The van der Waals surface area contributed by atoms with Gasteiger partial charge in [-0.15, -0.1) is 15.3 Å². The van der Waals surface area contributed by atoms with Crippen LogP contribution in [0.1, 0.15) is 26.3 Å². The molecule has 0 saturated carbocycles. The van der Waals surface area contributed by atoms with E-state index in [2.05, 4.69) is 56.1 Å². The molecule has 8 aromatic rings. The van der Waals surface area contributed by atoms with E-state index in [-0.39, 0.29) is 34.1 Å². The lowest BCUT2D eigenvalue weighted by Crippen LogP contribution is -2.15. The smallest absolute Gasteiger partial charge is 0.263 e. The van der Waals surface area contributed by atoms with Gasteiger partial charge in [-0.3, -0.25) is 19.6 Å².